The van der Waals surface area contributed by atoms with Gasteiger partial charge in [0.2, 0.25) is 0 Å². The summed E-state index contributed by atoms with van der Waals surface area (Å²) in [6.45, 7) is 2.77. The third-order valence-corrected chi connectivity index (χ3v) is 5.89. The number of hydrogen-bond acceptors (Lipinski definition) is 4. The lowest BCUT2D eigenvalue weighted by molar-refractivity contribution is -0.150. The molecular weight excluding hydrogens is 398 g/mol. The van der Waals surface area contributed by atoms with Gasteiger partial charge in [-0.2, -0.15) is 0 Å². The highest BCUT2D eigenvalue weighted by Gasteiger charge is 2.31. The molecule has 166 valence electrons. The van der Waals surface area contributed by atoms with Crippen molar-refractivity contribution in [3.63, 3.8) is 0 Å². The van der Waals surface area contributed by atoms with Crippen LogP contribution in [-0.2, 0) is 22.6 Å². The molecule has 1 aliphatic rings. The van der Waals surface area contributed by atoms with Crippen molar-refractivity contribution in [3.05, 3.63) is 102 Å². The van der Waals surface area contributed by atoms with E-state index in [0.29, 0.717) is 13.2 Å². The Kier molecular flexibility index (Phi) is 7.94. The smallest absolute Gasteiger partial charge is 0.323 e. The summed E-state index contributed by atoms with van der Waals surface area (Å²) < 4.78 is 11.5. The van der Waals surface area contributed by atoms with E-state index < -0.39 is 0 Å². The minimum atomic E-state index is -0.129. The first kappa shape index (κ1) is 22.1. The van der Waals surface area contributed by atoms with Crippen LogP contribution in [0.2, 0.25) is 0 Å². The molecule has 0 saturated carbocycles. The summed E-state index contributed by atoms with van der Waals surface area (Å²) in [7, 11) is 0. The van der Waals surface area contributed by atoms with E-state index in [1.54, 1.807) is 0 Å². The van der Waals surface area contributed by atoms with Crippen molar-refractivity contribution in [1.82, 2.24) is 4.90 Å². The van der Waals surface area contributed by atoms with Crippen molar-refractivity contribution in [2.45, 2.75) is 38.3 Å². The van der Waals surface area contributed by atoms with Gasteiger partial charge in [0.25, 0.3) is 0 Å². The van der Waals surface area contributed by atoms with E-state index in [9.17, 15) is 4.79 Å². The van der Waals surface area contributed by atoms with Crippen LogP contribution in [-0.4, -0.2) is 36.6 Å². The highest BCUT2D eigenvalue weighted by Crippen LogP contribution is 2.20. The molecule has 4 rings (SSSR count). The summed E-state index contributed by atoms with van der Waals surface area (Å²) in [5, 5.41) is 0. The van der Waals surface area contributed by atoms with Gasteiger partial charge in [-0.25, -0.2) is 0 Å². The molecule has 32 heavy (non-hydrogen) atoms. The Morgan fingerprint density at radius 2 is 1.50 bits per heavy atom. The summed E-state index contributed by atoms with van der Waals surface area (Å²) in [5.74, 6) is 0.781. The third-order valence-electron chi connectivity index (χ3n) is 5.89. The second kappa shape index (κ2) is 11.5. The Morgan fingerprint density at radius 1 is 0.844 bits per heavy atom. The van der Waals surface area contributed by atoms with Crippen LogP contribution in [0.1, 0.15) is 36.0 Å². The summed E-state index contributed by atoms with van der Waals surface area (Å²) in [4.78, 5) is 14.8. The van der Waals surface area contributed by atoms with E-state index in [4.69, 9.17) is 9.47 Å². The predicted octanol–water partition coefficient (Wildman–Crippen LogP) is 5.25. The van der Waals surface area contributed by atoms with Gasteiger partial charge in [0.05, 0.1) is 6.61 Å². The summed E-state index contributed by atoms with van der Waals surface area (Å²) in [6, 6.07) is 28.5. The van der Waals surface area contributed by atoms with Crippen LogP contribution in [0, 0.1) is 0 Å². The number of rotatable bonds is 10. The fourth-order valence-electron chi connectivity index (χ4n) is 4.18. The molecule has 1 saturated heterocycles. The highest BCUT2D eigenvalue weighted by molar-refractivity contribution is 5.76. The fourth-order valence-corrected chi connectivity index (χ4v) is 4.18. The maximum Gasteiger partial charge on any atom is 0.323 e. The number of carbonyl (C=O) groups excluding carboxylic acids is 1. The Morgan fingerprint density at radius 3 is 2.22 bits per heavy atom. The van der Waals surface area contributed by atoms with Gasteiger partial charge >= 0.3 is 5.97 Å². The second-order valence-corrected chi connectivity index (χ2v) is 8.30. The average molecular weight is 430 g/mol. The number of carbonyl (C=O) groups is 1. The van der Waals surface area contributed by atoms with Crippen LogP contribution in [0.3, 0.4) is 0 Å². The van der Waals surface area contributed by atoms with Crippen LogP contribution in [0.4, 0.5) is 0 Å². The lowest BCUT2D eigenvalue weighted by Crippen LogP contribution is -2.38. The number of hydrogen-bond donors (Lipinski definition) is 0. The largest absolute Gasteiger partial charge is 0.494 e. The quantitative estimate of drug-likeness (QED) is 0.326. The molecule has 0 N–H and O–H groups in total. The first-order chi connectivity index (χ1) is 15.8. The normalized spacial score (nSPS) is 16.1. The van der Waals surface area contributed by atoms with E-state index in [-0.39, 0.29) is 12.0 Å². The molecule has 0 radical (unpaired) electrons. The molecule has 3 aromatic rings. The van der Waals surface area contributed by atoms with Gasteiger partial charge in [-0.05, 0) is 61.1 Å². The third kappa shape index (κ3) is 6.44. The number of ether oxygens (including phenoxy) is 2. The molecule has 1 heterocycles. The Hall–Kier alpha value is -3.11. The zero-order chi connectivity index (χ0) is 22.0. The second-order valence-electron chi connectivity index (χ2n) is 8.30. The molecule has 1 aliphatic heterocycles. The van der Waals surface area contributed by atoms with Crippen molar-refractivity contribution in [2.24, 2.45) is 0 Å². The molecule has 1 unspecified atom stereocenters. The van der Waals surface area contributed by atoms with Gasteiger partial charge in [-0.1, -0.05) is 72.8 Å². The summed E-state index contributed by atoms with van der Waals surface area (Å²) in [6.07, 6.45) is 3.72. The average Bonchev–Trinajstić information content (AvgIpc) is 3.31. The molecule has 0 aromatic heterocycles. The van der Waals surface area contributed by atoms with Crippen molar-refractivity contribution in [3.8, 4) is 5.75 Å². The van der Waals surface area contributed by atoms with Gasteiger partial charge in [0, 0.05) is 6.54 Å². The van der Waals surface area contributed by atoms with Crippen LogP contribution in [0.25, 0.3) is 0 Å². The highest BCUT2D eigenvalue weighted by atomic mass is 16.5. The van der Waals surface area contributed by atoms with Crippen LogP contribution < -0.4 is 4.74 Å². The van der Waals surface area contributed by atoms with Crippen molar-refractivity contribution in [1.29, 1.82) is 0 Å². The Labute approximate surface area is 190 Å². The van der Waals surface area contributed by atoms with Crippen LogP contribution in [0.5, 0.6) is 5.75 Å². The number of nitrogens with zero attached hydrogens (tertiary/aromatic N) is 1. The van der Waals surface area contributed by atoms with E-state index in [0.717, 1.165) is 50.1 Å². The topological polar surface area (TPSA) is 38.8 Å². The molecule has 0 spiro atoms. The summed E-state index contributed by atoms with van der Waals surface area (Å²) in [5.41, 5.74) is 3.61. The SMILES string of the molecule is O=C(OCc1ccccc1)C1CCCN1CCCOc1ccc(Cc2ccccc2)cc1. The zero-order valence-electron chi connectivity index (χ0n) is 18.5. The predicted molar refractivity (Wildman–Crippen MR) is 127 cm³/mol. The van der Waals surface area contributed by atoms with E-state index in [2.05, 4.69) is 41.3 Å². The maximum atomic E-state index is 12.6. The van der Waals surface area contributed by atoms with Crippen LogP contribution >= 0.6 is 0 Å². The number of likely N-dealkylation sites (tertiary alicyclic amines) is 1. The van der Waals surface area contributed by atoms with Gasteiger partial charge < -0.3 is 9.47 Å². The van der Waals surface area contributed by atoms with Gasteiger partial charge in [0.1, 0.15) is 18.4 Å². The molecule has 1 fully saturated rings. The molecule has 4 nitrogen and oxygen atoms in total. The lowest BCUT2D eigenvalue weighted by atomic mass is 10.1. The van der Waals surface area contributed by atoms with Gasteiger partial charge in [-0.3, -0.25) is 9.69 Å². The maximum absolute atomic E-state index is 12.6. The van der Waals surface area contributed by atoms with E-state index in [1.807, 2.05) is 48.5 Å². The molecule has 0 bridgehead atoms. The standard InChI is InChI=1S/C28H31NO3/c30-28(32-22-25-11-5-2-6-12-25)27-13-7-18-29(27)19-8-20-31-26-16-14-24(15-17-26)21-23-9-3-1-4-10-23/h1-6,9-12,14-17,27H,7-8,13,18-22H2. The van der Waals surface area contributed by atoms with Crippen molar-refractivity contribution < 1.29 is 14.3 Å². The Balaban J connectivity index is 1.17. The first-order valence-electron chi connectivity index (χ1n) is 11.5. The number of esters is 1. The molecule has 3 aromatic carbocycles. The van der Waals surface area contributed by atoms with Crippen molar-refractivity contribution >= 4 is 5.97 Å². The van der Waals surface area contributed by atoms with Crippen LogP contribution in [0.15, 0.2) is 84.9 Å². The Bertz CT molecular complexity index is 957. The van der Waals surface area contributed by atoms with Gasteiger partial charge in [-0.15, -0.1) is 0 Å². The minimum absolute atomic E-state index is 0.110. The molecule has 0 aliphatic carbocycles. The summed E-state index contributed by atoms with van der Waals surface area (Å²) >= 11 is 0. The van der Waals surface area contributed by atoms with E-state index >= 15 is 0 Å². The molecule has 1 atom stereocenters. The molecule has 4 heteroatoms. The van der Waals surface area contributed by atoms with E-state index in [1.165, 1.54) is 11.1 Å². The van der Waals surface area contributed by atoms with Crippen molar-refractivity contribution in [2.75, 3.05) is 19.7 Å². The monoisotopic (exact) mass is 429 g/mol. The number of benzene rings is 3. The first-order valence-corrected chi connectivity index (χ1v) is 11.5. The zero-order valence-corrected chi connectivity index (χ0v) is 18.5. The molecule has 0 amide bonds. The van der Waals surface area contributed by atoms with Gasteiger partial charge in [0.15, 0.2) is 0 Å². The lowest BCUT2D eigenvalue weighted by Gasteiger charge is -2.23. The fraction of sp³-hybridized carbons (Fsp3) is 0.321. The molecular formula is C28H31NO3. The minimum Gasteiger partial charge on any atom is -0.494 e.